The molecular formula is C11H19NS2. The second kappa shape index (κ2) is 4.67. The lowest BCUT2D eigenvalue weighted by molar-refractivity contribution is 0.800. The van der Waals surface area contributed by atoms with E-state index in [0.29, 0.717) is 10.7 Å². The Balaban J connectivity index is 2.52. The number of aromatic nitrogens is 1. The second-order valence-corrected chi connectivity index (χ2v) is 7.47. The van der Waals surface area contributed by atoms with Gasteiger partial charge < -0.3 is 0 Å². The van der Waals surface area contributed by atoms with Crippen LogP contribution in [0.15, 0.2) is 5.38 Å². The van der Waals surface area contributed by atoms with Crippen LogP contribution in [0.5, 0.6) is 0 Å². The lowest BCUT2D eigenvalue weighted by Gasteiger charge is -2.16. The SMILES string of the molecule is CC(C)c1csc(CSC(C)(C)C)n1. The van der Waals surface area contributed by atoms with Gasteiger partial charge in [0.1, 0.15) is 5.01 Å². The van der Waals surface area contributed by atoms with E-state index in [1.165, 1.54) is 10.7 Å². The topological polar surface area (TPSA) is 12.9 Å². The van der Waals surface area contributed by atoms with E-state index in [2.05, 4.69) is 45.0 Å². The summed E-state index contributed by atoms with van der Waals surface area (Å²) in [6.45, 7) is 11.1. The summed E-state index contributed by atoms with van der Waals surface area (Å²) in [5, 5.41) is 3.44. The van der Waals surface area contributed by atoms with Gasteiger partial charge in [-0.2, -0.15) is 0 Å². The predicted octanol–water partition coefficient (Wildman–Crippen LogP) is 4.30. The van der Waals surface area contributed by atoms with Crippen LogP contribution in [0.4, 0.5) is 0 Å². The Morgan fingerprint density at radius 3 is 2.50 bits per heavy atom. The number of nitrogens with zero attached hydrogens (tertiary/aromatic N) is 1. The highest BCUT2D eigenvalue weighted by Gasteiger charge is 2.12. The normalized spacial score (nSPS) is 12.4. The lowest BCUT2D eigenvalue weighted by Crippen LogP contribution is -2.07. The van der Waals surface area contributed by atoms with Crippen LogP contribution in [0.3, 0.4) is 0 Å². The molecule has 0 unspecified atom stereocenters. The molecule has 0 spiro atoms. The zero-order valence-electron chi connectivity index (χ0n) is 9.63. The molecule has 0 fully saturated rings. The van der Waals surface area contributed by atoms with Crippen LogP contribution in [0.2, 0.25) is 0 Å². The summed E-state index contributed by atoms with van der Waals surface area (Å²) in [6, 6.07) is 0. The maximum atomic E-state index is 4.61. The molecule has 1 heterocycles. The number of thiazole rings is 1. The van der Waals surface area contributed by atoms with Crippen molar-refractivity contribution < 1.29 is 0 Å². The van der Waals surface area contributed by atoms with Gasteiger partial charge in [-0.1, -0.05) is 34.6 Å². The number of hydrogen-bond donors (Lipinski definition) is 0. The fourth-order valence-electron chi connectivity index (χ4n) is 0.935. The molecule has 0 atom stereocenters. The molecule has 0 bridgehead atoms. The highest BCUT2D eigenvalue weighted by atomic mass is 32.2. The minimum absolute atomic E-state index is 0.337. The molecule has 0 N–H and O–H groups in total. The first kappa shape index (κ1) is 12.1. The average Bonchev–Trinajstić information content (AvgIpc) is 2.47. The van der Waals surface area contributed by atoms with E-state index < -0.39 is 0 Å². The van der Waals surface area contributed by atoms with Gasteiger partial charge in [0.25, 0.3) is 0 Å². The van der Waals surface area contributed by atoms with Crippen molar-refractivity contribution in [2.24, 2.45) is 0 Å². The van der Waals surface area contributed by atoms with Gasteiger partial charge in [0, 0.05) is 15.9 Å². The Kier molecular flexibility index (Phi) is 4.02. The maximum absolute atomic E-state index is 4.61. The van der Waals surface area contributed by atoms with Crippen LogP contribution in [0, 0.1) is 0 Å². The van der Waals surface area contributed by atoms with Crippen LogP contribution in [0.1, 0.15) is 51.2 Å². The molecule has 0 radical (unpaired) electrons. The van der Waals surface area contributed by atoms with Gasteiger partial charge in [-0.25, -0.2) is 4.98 Å². The van der Waals surface area contributed by atoms with Crippen molar-refractivity contribution in [2.75, 3.05) is 0 Å². The minimum Gasteiger partial charge on any atom is -0.245 e. The molecule has 1 aromatic heterocycles. The third kappa shape index (κ3) is 4.01. The second-order valence-electron chi connectivity index (χ2n) is 4.72. The van der Waals surface area contributed by atoms with Gasteiger partial charge in [0.15, 0.2) is 0 Å². The molecule has 3 heteroatoms. The van der Waals surface area contributed by atoms with E-state index in [4.69, 9.17) is 0 Å². The zero-order chi connectivity index (χ0) is 10.8. The zero-order valence-corrected chi connectivity index (χ0v) is 11.3. The van der Waals surface area contributed by atoms with Crippen molar-refractivity contribution in [1.29, 1.82) is 0 Å². The number of hydrogen-bond acceptors (Lipinski definition) is 3. The highest BCUT2D eigenvalue weighted by molar-refractivity contribution is 7.99. The van der Waals surface area contributed by atoms with E-state index >= 15 is 0 Å². The molecule has 0 saturated carbocycles. The Bertz CT molecular complexity index is 284. The Hall–Kier alpha value is -0.0200. The monoisotopic (exact) mass is 229 g/mol. The molecule has 14 heavy (non-hydrogen) atoms. The first-order valence-electron chi connectivity index (χ1n) is 4.97. The van der Waals surface area contributed by atoms with Crippen LogP contribution in [-0.4, -0.2) is 9.73 Å². The molecule has 1 rings (SSSR count). The predicted molar refractivity (Wildman–Crippen MR) is 67.3 cm³/mol. The first-order chi connectivity index (χ1) is 6.38. The van der Waals surface area contributed by atoms with Crippen LogP contribution in [0.25, 0.3) is 0 Å². The summed E-state index contributed by atoms with van der Waals surface area (Å²) in [4.78, 5) is 4.61. The molecule has 0 aliphatic rings. The minimum atomic E-state index is 0.337. The van der Waals surface area contributed by atoms with Crippen LogP contribution in [-0.2, 0) is 5.75 Å². The molecule has 0 amide bonds. The highest BCUT2D eigenvalue weighted by Crippen LogP contribution is 2.29. The van der Waals surface area contributed by atoms with Crippen molar-refractivity contribution in [3.63, 3.8) is 0 Å². The van der Waals surface area contributed by atoms with Crippen molar-refractivity contribution in [1.82, 2.24) is 4.98 Å². The summed E-state index contributed by atoms with van der Waals surface area (Å²) in [5.41, 5.74) is 1.24. The smallest absolute Gasteiger partial charge is 0.103 e. The van der Waals surface area contributed by atoms with Gasteiger partial charge in [0.05, 0.1) is 5.69 Å². The molecule has 80 valence electrons. The summed E-state index contributed by atoms with van der Waals surface area (Å²) < 4.78 is 0.337. The van der Waals surface area contributed by atoms with Gasteiger partial charge in [0.2, 0.25) is 0 Å². The summed E-state index contributed by atoms with van der Waals surface area (Å²) >= 11 is 3.75. The van der Waals surface area contributed by atoms with Crippen molar-refractivity contribution >= 4 is 23.1 Å². The van der Waals surface area contributed by atoms with Crippen molar-refractivity contribution in [3.05, 3.63) is 16.1 Å². The molecule has 1 aromatic rings. The summed E-state index contributed by atoms with van der Waals surface area (Å²) in [7, 11) is 0. The van der Waals surface area contributed by atoms with Crippen molar-refractivity contribution in [2.45, 2.75) is 51.0 Å². The fraction of sp³-hybridized carbons (Fsp3) is 0.727. The van der Waals surface area contributed by atoms with E-state index in [1.807, 2.05) is 11.8 Å². The molecule has 1 nitrogen and oxygen atoms in total. The Morgan fingerprint density at radius 2 is 2.07 bits per heavy atom. The number of thioether (sulfide) groups is 1. The van der Waals surface area contributed by atoms with Gasteiger partial charge in [-0.3, -0.25) is 0 Å². The fourth-order valence-corrected chi connectivity index (χ4v) is 2.74. The summed E-state index contributed by atoms with van der Waals surface area (Å²) in [6.07, 6.45) is 0. The van der Waals surface area contributed by atoms with E-state index in [0.717, 1.165) is 5.75 Å². The van der Waals surface area contributed by atoms with E-state index in [1.54, 1.807) is 11.3 Å². The van der Waals surface area contributed by atoms with Crippen LogP contribution < -0.4 is 0 Å². The van der Waals surface area contributed by atoms with Gasteiger partial charge in [-0.05, 0) is 5.92 Å². The van der Waals surface area contributed by atoms with Gasteiger partial charge in [-0.15, -0.1) is 23.1 Å². The molecule has 0 saturated heterocycles. The molecular weight excluding hydrogens is 210 g/mol. The Labute approximate surface area is 95.3 Å². The largest absolute Gasteiger partial charge is 0.245 e. The maximum Gasteiger partial charge on any atom is 0.103 e. The van der Waals surface area contributed by atoms with Gasteiger partial charge >= 0.3 is 0 Å². The third-order valence-corrected chi connectivity index (χ3v) is 4.12. The standard InChI is InChI=1S/C11H19NS2/c1-8(2)9-6-13-10(12-9)7-14-11(3,4)5/h6,8H,7H2,1-5H3. The van der Waals surface area contributed by atoms with E-state index in [-0.39, 0.29) is 0 Å². The van der Waals surface area contributed by atoms with Crippen molar-refractivity contribution in [3.8, 4) is 0 Å². The molecule has 0 aliphatic heterocycles. The summed E-state index contributed by atoms with van der Waals surface area (Å²) in [5.74, 6) is 1.60. The number of rotatable bonds is 3. The molecule has 0 aliphatic carbocycles. The average molecular weight is 229 g/mol. The Morgan fingerprint density at radius 1 is 1.43 bits per heavy atom. The van der Waals surface area contributed by atoms with E-state index in [9.17, 15) is 0 Å². The molecule has 0 aromatic carbocycles. The third-order valence-electron chi connectivity index (χ3n) is 1.79. The first-order valence-corrected chi connectivity index (χ1v) is 6.83. The lowest BCUT2D eigenvalue weighted by atomic mass is 10.2. The quantitative estimate of drug-likeness (QED) is 0.766. The van der Waals surface area contributed by atoms with Crippen LogP contribution >= 0.6 is 23.1 Å².